The van der Waals surface area contributed by atoms with Gasteiger partial charge in [0.15, 0.2) is 0 Å². The number of aldehydes is 1. The summed E-state index contributed by atoms with van der Waals surface area (Å²) in [6.07, 6.45) is 2.73. The van der Waals surface area contributed by atoms with Gasteiger partial charge in [0.25, 0.3) is 5.91 Å². The van der Waals surface area contributed by atoms with Crippen molar-refractivity contribution in [3.05, 3.63) is 29.8 Å². The largest absolute Gasteiger partial charge is 0.371 e. The second-order valence-corrected chi connectivity index (χ2v) is 4.43. The van der Waals surface area contributed by atoms with E-state index in [1.807, 2.05) is 0 Å². The minimum atomic E-state index is -0.735. The molecule has 1 aromatic rings. The number of nitrogens with zero attached hydrogens (tertiary/aromatic N) is 1. The number of hydrogen-bond donors (Lipinski definition) is 1. The van der Waals surface area contributed by atoms with Crippen LogP contribution in [-0.2, 0) is 4.79 Å². The maximum atomic E-state index is 12.0. The van der Waals surface area contributed by atoms with E-state index in [-0.39, 0.29) is 5.92 Å². The molecule has 1 fully saturated rings. The summed E-state index contributed by atoms with van der Waals surface area (Å²) in [5.74, 6) is -0.570. The Morgan fingerprint density at radius 1 is 1.28 bits per heavy atom. The van der Waals surface area contributed by atoms with Crippen LogP contribution in [0.2, 0.25) is 0 Å². The highest BCUT2D eigenvalue weighted by atomic mass is 19.2. The summed E-state index contributed by atoms with van der Waals surface area (Å²) in [4.78, 5) is 23.9. The summed E-state index contributed by atoms with van der Waals surface area (Å²) in [6.45, 7) is 1.66. The molecule has 5 heteroatoms. The van der Waals surface area contributed by atoms with Crippen molar-refractivity contribution >= 4 is 17.9 Å². The second kappa shape index (κ2) is 5.62. The zero-order valence-corrected chi connectivity index (χ0v) is 9.93. The molecule has 96 valence electrons. The first-order valence-corrected chi connectivity index (χ1v) is 5.96. The molecule has 1 heterocycles. The molecule has 0 bridgehead atoms. The summed E-state index contributed by atoms with van der Waals surface area (Å²) >= 11 is 0. The fourth-order valence-corrected chi connectivity index (χ4v) is 2.17. The average Bonchev–Trinajstić information content (AvgIpc) is 2.47. The van der Waals surface area contributed by atoms with E-state index < -0.39 is 5.91 Å². The Morgan fingerprint density at radius 3 is 2.39 bits per heavy atom. The summed E-state index contributed by atoms with van der Waals surface area (Å²) in [5, 5.41) is 0. The van der Waals surface area contributed by atoms with Crippen molar-refractivity contribution in [1.29, 1.82) is 0 Å². The Bertz CT molecular complexity index is 425. The van der Waals surface area contributed by atoms with E-state index in [1.165, 1.54) is 0 Å². The van der Waals surface area contributed by atoms with Gasteiger partial charge in [0.05, 0.1) is 0 Å². The molecule has 0 saturated carbocycles. The van der Waals surface area contributed by atoms with Crippen LogP contribution in [-0.4, -0.2) is 25.3 Å². The van der Waals surface area contributed by atoms with Crippen molar-refractivity contribution in [3.63, 3.8) is 0 Å². The third-order valence-corrected chi connectivity index (χ3v) is 3.31. The van der Waals surface area contributed by atoms with Crippen LogP contribution < -0.4 is 10.4 Å². The highest BCUT2D eigenvalue weighted by Gasteiger charge is 2.18. The number of benzene rings is 1. The van der Waals surface area contributed by atoms with E-state index in [1.54, 1.807) is 24.3 Å². The highest BCUT2D eigenvalue weighted by Crippen LogP contribution is 2.22. The second-order valence-electron chi connectivity index (χ2n) is 4.43. The van der Waals surface area contributed by atoms with Crippen molar-refractivity contribution in [2.45, 2.75) is 12.8 Å². The van der Waals surface area contributed by atoms with Crippen molar-refractivity contribution in [2.24, 2.45) is 5.92 Å². The number of carbonyl (C=O) groups is 2. The first kappa shape index (κ1) is 12.5. The highest BCUT2D eigenvalue weighted by molar-refractivity contribution is 5.93. The van der Waals surface area contributed by atoms with E-state index in [9.17, 15) is 14.1 Å². The predicted molar refractivity (Wildman–Crippen MR) is 66.0 cm³/mol. The van der Waals surface area contributed by atoms with Crippen LogP contribution in [0.5, 0.6) is 0 Å². The van der Waals surface area contributed by atoms with Crippen LogP contribution in [0.15, 0.2) is 24.3 Å². The predicted octanol–water partition coefficient (Wildman–Crippen LogP) is 1.72. The van der Waals surface area contributed by atoms with Crippen LogP contribution in [0, 0.1) is 5.92 Å². The van der Waals surface area contributed by atoms with Gasteiger partial charge in [-0.05, 0) is 37.1 Å². The number of nitrogens with one attached hydrogen (secondary N) is 1. The molecule has 1 aliphatic heterocycles. The molecule has 2 rings (SSSR count). The van der Waals surface area contributed by atoms with Crippen molar-refractivity contribution < 1.29 is 14.1 Å². The van der Waals surface area contributed by atoms with Gasteiger partial charge in [-0.25, -0.2) is 0 Å². The summed E-state index contributed by atoms with van der Waals surface area (Å²) in [5.41, 5.74) is 2.39. The number of carbonyl (C=O) groups excluding carboxylic acids is 2. The van der Waals surface area contributed by atoms with Crippen LogP contribution in [0.1, 0.15) is 23.2 Å². The maximum absolute atomic E-state index is 12.0. The average molecular weight is 250 g/mol. The monoisotopic (exact) mass is 250 g/mol. The van der Waals surface area contributed by atoms with E-state index in [2.05, 4.69) is 4.90 Å². The van der Waals surface area contributed by atoms with Gasteiger partial charge in [-0.15, -0.1) is 0 Å². The minimum Gasteiger partial charge on any atom is -0.371 e. The SMILES string of the molecule is O=CC1CCN(c2ccc(C(=O)NF)cc2)CC1. The van der Waals surface area contributed by atoms with Gasteiger partial charge in [-0.3, -0.25) is 4.79 Å². The Morgan fingerprint density at radius 2 is 1.89 bits per heavy atom. The fourth-order valence-electron chi connectivity index (χ4n) is 2.17. The summed E-state index contributed by atoms with van der Waals surface area (Å²) in [7, 11) is 0. The molecule has 1 N–H and O–H groups in total. The third-order valence-electron chi connectivity index (χ3n) is 3.31. The minimum absolute atomic E-state index is 0.165. The lowest BCUT2D eigenvalue weighted by Gasteiger charge is -2.31. The molecule has 1 amide bonds. The number of piperidine rings is 1. The fraction of sp³-hybridized carbons (Fsp3) is 0.385. The first-order chi connectivity index (χ1) is 8.74. The zero-order chi connectivity index (χ0) is 13.0. The van der Waals surface area contributed by atoms with Crippen LogP contribution >= 0.6 is 0 Å². The number of rotatable bonds is 3. The molecule has 0 unspecified atom stereocenters. The van der Waals surface area contributed by atoms with Gasteiger partial charge in [-0.2, -0.15) is 5.54 Å². The number of amides is 1. The first-order valence-electron chi connectivity index (χ1n) is 5.96. The molecule has 0 spiro atoms. The molecule has 0 radical (unpaired) electrons. The molecule has 0 aliphatic carbocycles. The maximum Gasteiger partial charge on any atom is 0.278 e. The van der Waals surface area contributed by atoms with Gasteiger partial charge in [0.1, 0.15) is 6.29 Å². The molecule has 1 aliphatic rings. The lowest BCUT2D eigenvalue weighted by Crippen LogP contribution is -2.34. The van der Waals surface area contributed by atoms with Crippen LogP contribution in [0.3, 0.4) is 0 Å². The Hall–Kier alpha value is -1.91. The van der Waals surface area contributed by atoms with E-state index in [4.69, 9.17) is 0 Å². The van der Waals surface area contributed by atoms with Gasteiger partial charge < -0.3 is 9.69 Å². The molecule has 0 atom stereocenters. The lowest BCUT2D eigenvalue weighted by molar-refractivity contribution is -0.111. The molecular weight excluding hydrogens is 235 g/mol. The van der Waals surface area contributed by atoms with Crippen LogP contribution in [0.25, 0.3) is 0 Å². The Labute approximate surface area is 105 Å². The number of halogens is 1. The van der Waals surface area contributed by atoms with E-state index >= 15 is 0 Å². The topological polar surface area (TPSA) is 49.4 Å². The Kier molecular flexibility index (Phi) is 3.92. The molecule has 1 aromatic carbocycles. The van der Waals surface area contributed by atoms with Gasteiger partial charge >= 0.3 is 0 Å². The summed E-state index contributed by atoms with van der Waals surface area (Å²) < 4.78 is 12.0. The van der Waals surface area contributed by atoms with Gasteiger partial charge in [-0.1, -0.05) is 4.48 Å². The smallest absolute Gasteiger partial charge is 0.278 e. The van der Waals surface area contributed by atoms with Crippen molar-refractivity contribution in [3.8, 4) is 0 Å². The van der Waals surface area contributed by atoms with E-state index in [0.717, 1.165) is 43.4 Å². The lowest BCUT2D eigenvalue weighted by atomic mass is 9.98. The molecule has 1 saturated heterocycles. The molecule has 0 aromatic heterocycles. The zero-order valence-electron chi connectivity index (χ0n) is 9.93. The van der Waals surface area contributed by atoms with Gasteiger partial charge in [0.2, 0.25) is 0 Å². The standard InChI is InChI=1S/C13H15FN2O2/c14-15-13(18)11-1-3-12(4-2-11)16-7-5-10(9-17)6-8-16/h1-4,9-10H,5-8H2,(H,15,18). The molecular formula is C13H15FN2O2. The molecule has 4 nitrogen and oxygen atoms in total. The number of hydrogen-bond acceptors (Lipinski definition) is 3. The van der Waals surface area contributed by atoms with E-state index in [0.29, 0.717) is 5.56 Å². The van der Waals surface area contributed by atoms with Crippen molar-refractivity contribution in [1.82, 2.24) is 5.54 Å². The van der Waals surface area contributed by atoms with Crippen molar-refractivity contribution in [2.75, 3.05) is 18.0 Å². The van der Waals surface area contributed by atoms with Crippen LogP contribution in [0.4, 0.5) is 10.2 Å². The number of anilines is 1. The summed E-state index contributed by atoms with van der Waals surface area (Å²) in [6, 6.07) is 6.78. The molecule has 18 heavy (non-hydrogen) atoms. The third kappa shape index (κ3) is 2.67. The normalized spacial score (nSPS) is 16.4. The quantitative estimate of drug-likeness (QED) is 0.656. The Balaban J connectivity index is 2.02. The van der Waals surface area contributed by atoms with Gasteiger partial charge in [0, 0.05) is 30.3 Å².